The zero-order chi connectivity index (χ0) is 19.1. The Labute approximate surface area is 167 Å². The van der Waals surface area contributed by atoms with Crippen LogP contribution < -0.4 is 10.6 Å². The van der Waals surface area contributed by atoms with Crippen molar-refractivity contribution in [3.63, 3.8) is 0 Å². The molecule has 28 heavy (non-hydrogen) atoms. The molecule has 5 rings (SSSR count). The normalized spacial score (nSPS) is 22.4. The molecule has 1 aromatic carbocycles. The number of nitrogens with zero attached hydrogens (tertiary/aromatic N) is 7. The Bertz CT molecular complexity index is 989. The smallest absolute Gasteiger partial charge is 0.171 e. The van der Waals surface area contributed by atoms with E-state index >= 15 is 0 Å². The predicted molar refractivity (Wildman–Crippen MR) is 107 cm³/mol. The van der Waals surface area contributed by atoms with E-state index in [1.807, 2.05) is 30.5 Å². The maximum absolute atomic E-state index is 6.10. The average Bonchev–Trinajstić information content (AvgIpc) is 3.35. The van der Waals surface area contributed by atoms with Crippen molar-refractivity contribution in [2.45, 2.75) is 24.9 Å². The van der Waals surface area contributed by atoms with Gasteiger partial charge in [0.25, 0.3) is 0 Å². The number of nitrogens with two attached hydrogens (primary N) is 1. The molecule has 0 amide bonds. The molecule has 8 nitrogen and oxygen atoms in total. The highest BCUT2D eigenvalue weighted by Gasteiger charge is 2.39. The van der Waals surface area contributed by atoms with E-state index in [1.165, 1.54) is 0 Å². The number of aromatic nitrogens is 5. The number of piperazine rings is 1. The third kappa shape index (κ3) is 3.08. The summed E-state index contributed by atoms with van der Waals surface area (Å²) in [5.41, 5.74) is 7.95. The van der Waals surface area contributed by atoms with Crippen molar-refractivity contribution in [2.24, 2.45) is 0 Å². The molecular weight excluding hydrogens is 376 g/mol. The lowest BCUT2D eigenvalue weighted by molar-refractivity contribution is 0.173. The Kier molecular flexibility index (Phi) is 4.37. The number of halogens is 1. The maximum atomic E-state index is 6.10. The number of anilines is 2. The molecule has 0 saturated carbocycles. The van der Waals surface area contributed by atoms with Gasteiger partial charge in [-0.25, -0.2) is 14.6 Å². The van der Waals surface area contributed by atoms with E-state index in [0.717, 1.165) is 49.7 Å². The maximum Gasteiger partial charge on any atom is 0.171 e. The molecule has 2 saturated heterocycles. The van der Waals surface area contributed by atoms with Gasteiger partial charge in [-0.3, -0.25) is 4.90 Å². The molecule has 144 valence electrons. The Balaban J connectivity index is 1.33. The van der Waals surface area contributed by atoms with Crippen LogP contribution in [0.1, 0.15) is 24.6 Å². The minimum atomic E-state index is 0.291. The van der Waals surface area contributed by atoms with Crippen LogP contribution in [0.4, 0.5) is 11.6 Å². The summed E-state index contributed by atoms with van der Waals surface area (Å²) in [7, 11) is 0. The van der Waals surface area contributed by atoms with Gasteiger partial charge in [-0.2, -0.15) is 0 Å². The SMILES string of the molecule is Nc1nccnc1N1CCN2[C@@H](CC[C@@H]2c2cn(-c3cccc(Cl)c3)nn2)C1. The van der Waals surface area contributed by atoms with Crippen molar-refractivity contribution in [1.29, 1.82) is 0 Å². The summed E-state index contributed by atoms with van der Waals surface area (Å²) in [4.78, 5) is 13.4. The molecule has 2 N–H and O–H groups in total. The van der Waals surface area contributed by atoms with Crippen molar-refractivity contribution in [3.8, 4) is 5.69 Å². The summed E-state index contributed by atoms with van der Waals surface area (Å²) >= 11 is 6.10. The topological polar surface area (TPSA) is 89.0 Å². The molecule has 3 aromatic rings. The zero-order valence-electron chi connectivity index (χ0n) is 15.3. The van der Waals surface area contributed by atoms with Crippen LogP contribution in [0.2, 0.25) is 5.02 Å². The molecule has 2 aliphatic rings. The van der Waals surface area contributed by atoms with Crippen LogP contribution in [0.3, 0.4) is 0 Å². The zero-order valence-corrected chi connectivity index (χ0v) is 16.1. The number of nitrogen functional groups attached to an aromatic ring is 1. The fourth-order valence-corrected chi connectivity index (χ4v) is 4.51. The standard InChI is InChI=1S/C19H21ClN8/c20-13-2-1-3-14(10-13)28-12-16(24-25-28)17-5-4-15-11-26(8-9-27(15)17)19-18(21)22-6-7-23-19/h1-3,6-7,10,12,15,17H,4-5,8-9,11H2,(H2,21,22)/t15-,17+/m0/s1. The average molecular weight is 397 g/mol. The van der Waals surface area contributed by atoms with Gasteiger partial charge in [0.15, 0.2) is 11.6 Å². The number of hydrogen-bond acceptors (Lipinski definition) is 7. The van der Waals surface area contributed by atoms with E-state index < -0.39 is 0 Å². The Hall–Kier alpha value is -2.71. The van der Waals surface area contributed by atoms with Crippen LogP contribution in [-0.2, 0) is 0 Å². The molecular formula is C19H21ClN8. The van der Waals surface area contributed by atoms with Gasteiger partial charge >= 0.3 is 0 Å². The van der Waals surface area contributed by atoms with Gasteiger partial charge in [-0.15, -0.1) is 5.10 Å². The molecule has 9 heteroatoms. The third-order valence-electron chi connectivity index (χ3n) is 5.63. The van der Waals surface area contributed by atoms with Crippen LogP contribution in [0.15, 0.2) is 42.9 Å². The number of benzene rings is 1. The molecule has 0 radical (unpaired) electrons. The van der Waals surface area contributed by atoms with Gasteiger partial charge in [-0.05, 0) is 31.0 Å². The van der Waals surface area contributed by atoms with E-state index in [2.05, 4.69) is 30.1 Å². The first-order chi connectivity index (χ1) is 13.7. The summed E-state index contributed by atoms with van der Waals surface area (Å²) in [6.07, 6.45) is 7.54. The Morgan fingerprint density at radius 3 is 2.86 bits per heavy atom. The van der Waals surface area contributed by atoms with Crippen molar-refractivity contribution >= 4 is 23.2 Å². The lowest BCUT2D eigenvalue weighted by atomic mass is 10.1. The summed E-state index contributed by atoms with van der Waals surface area (Å²) in [6.45, 7) is 2.72. The first-order valence-corrected chi connectivity index (χ1v) is 9.82. The largest absolute Gasteiger partial charge is 0.381 e. The van der Waals surface area contributed by atoms with Crippen LogP contribution in [0, 0.1) is 0 Å². The van der Waals surface area contributed by atoms with Gasteiger partial charge in [0, 0.05) is 43.1 Å². The van der Waals surface area contributed by atoms with E-state index in [0.29, 0.717) is 22.9 Å². The highest BCUT2D eigenvalue weighted by atomic mass is 35.5. The Morgan fingerprint density at radius 2 is 2.00 bits per heavy atom. The van der Waals surface area contributed by atoms with Gasteiger partial charge in [0.1, 0.15) is 5.69 Å². The van der Waals surface area contributed by atoms with Crippen molar-refractivity contribution in [1.82, 2.24) is 29.9 Å². The molecule has 2 aliphatic heterocycles. The van der Waals surface area contributed by atoms with Gasteiger partial charge < -0.3 is 10.6 Å². The molecule has 2 aromatic heterocycles. The quantitative estimate of drug-likeness (QED) is 0.726. The number of fused-ring (bicyclic) bond motifs is 1. The van der Waals surface area contributed by atoms with Gasteiger partial charge in [0.05, 0.1) is 17.9 Å². The van der Waals surface area contributed by atoms with Crippen LogP contribution in [0.25, 0.3) is 5.69 Å². The van der Waals surface area contributed by atoms with Crippen LogP contribution in [-0.4, -0.2) is 55.5 Å². The van der Waals surface area contributed by atoms with Crippen molar-refractivity contribution < 1.29 is 0 Å². The molecule has 2 fully saturated rings. The molecule has 0 unspecified atom stereocenters. The second-order valence-corrected chi connectivity index (χ2v) is 7.70. The number of hydrogen-bond donors (Lipinski definition) is 1. The predicted octanol–water partition coefficient (Wildman–Crippen LogP) is 2.32. The minimum absolute atomic E-state index is 0.291. The summed E-state index contributed by atoms with van der Waals surface area (Å²) in [6, 6.07) is 8.39. The summed E-state index contributed by atoms with van der Waals surface area (Å²) < 4.78 is 1.80. The third-order valence-corrected chi connectivity index (χ3v) is 5.87. The second-order valence-electron chi connectivity index (χ2n) is 7.26. The highest BCUT2D eigenvalue weighted by molar-refractivity contribution is 6.30. The van der Waals surface area contributed by atoms with Crippen molar-refractivity contribution in [2.75, 3.05) is 30.3 Å². The first kappa shape index (κ1) is 17.4. The minimum Gasteiger partial charge on any atom is -0.381 e. The summed E-state index contributed by atoms with van der Waals surface area (Å²) in [5.74, 6) is 1.28. The Morgan fingerprint density at radius 1 is 1.11 bits per heavy atom. The molecule has 2 atom stereocenters. The lowest BCUT2D eigenvalue weighted by Crippen LogP contribution is -2.51. The fourth-order valence-electron chi connectivity index (χ4n) is 4.32. The van der Waals surface area contributed by atoms with Gasteiger partial charge in [-0.1, -0.05) is 22.9 Å². The molecule has 4 heterocycles. The monoisotopic (exact) mass is 396 g/mol. The lowest BCUT2D eigenvalue weighted by Gasteiger charge is -2.40. The van der Waals surface area contributed by atoms with Crippen LogP contribution in [0.5, 0.6) is 0 Å². The fraction of sp³-hybridized carbons (Fsp3) is 0.368. The summed E-state index contributed by atoms with van der Waals surface area (Å²) in [5, 5.41) is 9.47. The molecule has 0 aliphatic carbocycles. The molecule has 0 bridgehead atoms. The first-order valence-electron chi connectivity index (χ1n) is 9.44. The van der Waals surface area contributed by atoms with E-state index in [-0.39, 0.29) is 0 Å². The second kappa shape index (κ2) is 7.03. The van der Waals surface area contributed by atoms with Crippen molar-refractivity contribution in [3.05, 3.63) is 53.6 Å². The van der Waals surface area contributed by atoms with Crippen LogP contribution >= 0.6 is 11.6 Å². The van der Waals surface area contributed by atoms with E-state index in [1.54, 1.807) is 17.1 Å². The van der Waals surface area contributed by atoms with E-state index in [4.69, 9.17) is 17.3 Å². The number of rotatable bonds is 3. The van der Waals surface area contributed by atoms with E-state index in [9.17, 15) is 0 Å². The molecule has 0 spiro atoms. The highest BCUT2D eigenvalue weighted by Crippen LogP contribution is 2.38. The van der Waals surface area contributed by atoms with Gasteiger partial charge in [0.2, 0.25) is 0 Å².